The molecule has 0 radical (unpaired) electrons. The van der Waals surface area contributed by atoms with Gasteiger partial charge in [0.25, 0.3) is 5.69 Å². The van der Waals surface area contributed by atoms with Crippen LogP contribution in [0.25, 0.3) is 0 Å². The Morgan fingerprint density at radius 2 is 2.20 bits per heavy atom. The third kappa shape index (κ3) is 3.32. The lowest BCUT2D eigenvalue weighted by molar-refractivity contribution is -0.384. The minimum Gasteiger partial charge on any atom is -0.466 e. The Balaban J connectivity index is 3.15. The minimum absolute atomic E-state index is 0.0392. The highest BCUT2D eigenvalue weighted by Crippen LogP contribution is 2.32. The smallest absolute Gasteiger partial charge is 0.307 e. The molecule has 1 aromatic carbocycles. The number of aryl methyl sites for hydroxylation is 1. The van der Waals surface area contributed by atoms with E-state index in [1.165, 1.54) is 18.2 Å². The van der Waals surface area contributed by atoms with Crippen LogP contribution in [0, 0.1) is 28.4 Å². The molecule has 0 amide bonds. The van der Waals surface area contributed by atoms with Crippen molar-refractivity contribution >= 4 is 11.7 Å². The Morgan fingerprint density at radius 1 is 1.55 bits per heavy atom. The number of hydrogen-bond donors (Lipinski definition) is 0. The molecule has 0 fully saturated rings. The first-order chi connectivity index (χ1) is 9.34. The van der Waals surface area contributed by atoms with E-state index in [4.69, 9.17) is 4.74 Å². The topological polar surface area (TPSA) is 93.2 Å². The van der Waals surface area contributed by atoms with Gasteiger partial charge in [-0.25, -0.2) is 0 Å². The van der Waals surface area contributed by atoms with Crippen LogP contribution in [-0.4, -0.2) is 17.5 Å². The molecular weight excluding hydrogens is 260 g/mol. The number of nitro benzene ring substituents is 1. The molecule has 0 aliphatic carbocycles. The molecule has 1 unspecified atom stereocenters. The largest absolute Gasteiger partial charge is 0.466 e. The van der Waals surface area contributed by atoms with Crippen LogP contribution >= 0.6 is 0 Å². The van der Waals surface area contributed by atoms with Crippen molar-refractivity contribution in [2.24, 2.45) is 0 Å². The number of esters is 1. The molecule has 0 N–H and O–H groups in total. The van der Waals surface area contributed by atoms with Gasteiger partial charge in [-0.3, -0.25) is 14.9 Å². The van der Waals surface area contributed by atoms with Crippen molar-refractivity contribution < 1.29 is 14.5 Å². The van der Waals surface area contributed by atoms with Gasteiger partial charge in [-0.05, 0) is 31.9 Å². The van der Waals surface area contributed by atoms with E-state index in [0.29, 0.717) is 11.1 Å². The van der Waals surface area contributed by atoms with E-state index in [1.807, 2.05) is 0 Å². The van der Waals surface area contributed by atoms with Crippen LogP contribution in [-0.2, 0) is 14.9 Å². The fraction of sp³-hybridized carbons (Fsp3) is 0.429. The maximum absolute atomic E-state index is 11.6. The van der Waals surface area contributed by atoms with Gasteiger partial charge in [-0.1, -0.05) is 6.07 Å². The summed E-state index contributed by atoms with van der Waals surface area (Å²) < 4.78 is 4.86. The first-order valence-electron chi connectivity index (χ1n) is 6.16. The van der Waals surface area contributed by atoms with E-state index < -0.39 is 16.3 Å². The number of nitrogens with zero attached hydrogens (tertiary/aromatic N) is 2. The highest BCUT2D eigenvalue weighted by molar-refractivity contribution is 5.72. The normalized spacial score (nSPS) is 13.1. The van der Waals surface area contributed by atoms with Crippen molar-refractivity contribution in [2.45, 2.75) is 32.6 Å². The van der Waals surface area contributed by atoms with Crippen molar-refractivity contribution in [3.63, 3.8) is 0 Å². The number of rotatable bonds is 5. The monoisotopic (exact) mass is 276 g/mol. The second-order valence-corrected chi connectivity index (χ2v) is 4.68. The molecule has 0 bridgehead atoms. The van der Waals surface area contributed by atoms with E-state index in [-0.39, 0.29) is 18.7 Å². The first-order valence-corrected chi connectivity index (χ1v) is 6.16. The van der Waals surface area contributed by atoms with Crippen LogP contribution in [0.15, 0.2) is 18.2 Å². The molecule has 0 spiro atoms. The van der Waals surface area contributed by atoms with Crippen molar-refractivity contribution in [1.29, 1.82) is 5.26 Å². The lowest BCUT2D eigenvalue weighted by Crippen LogP contribution is -2.26. The number of hydrogen-bond acceptors (Lipinski definition) is 5. The van der Waals surface area contributed by atoms with Gasteiger partial charge in [0.05, 0.1) is 29.4 Å². The van der Waals surface area contributed by atoms with Crippen LogP contribution in [0.5, 0.6) is 0 Å². The molecule has 0 saturated carbocycles. The molecule has 106 valence electrons. The fourth-order valence-electron chi connectivity index (χ4n) is 2.08. The third-order valence-electron chi connectivity index (χ3n) is 3.07. The summed E-state index contributed by atoms with van der Waals surface area (Å²) in [5.41, 5.74) is 0.0970. The number of ether oxygens (including phenoxy) is 1. The van der Waals surface area contributed by atoms with Gasteiger partial charge in [0.2, 0.25) is 0 Å². The van der Waals surface area contributed by atoms with E-state index in [9.17, 15) is 20.2 Å². The van der Waals surface area contributed by atoms with E-state index in [1.54, 1.807) is 20.8 Å². The lowest BCUT2D eigenvalue weighted by atomic mass is 9.78. The van der Waals surface area contributed by atoms with E-state index in [0.717, 1.165) is 0 Å². The molecule has 0 saturated heterocycles. The zero-order valence-electron chi connectivity index (χ0n) is 11.7. The summed E-state index contributed by atoms with van der Waals surface area (Å²) in [6.07, 6.45) is -0.0873. The van der Waals surface area contributed by atoms with Gasteiger partial charge in [0, 0.05) is 12.1 Å². The van der Waals surface area contributed by atoms with E-state index in [2.05, 4.69) is 6.07 Å². The van der Waals surface area contributed by atoms with Gasteiger partial charge in [0.1, 0.15) is 0 Å². The standard InChI is InChI=1S/C14H16N2O4/c1-4-20-13(17)8-14(3,9-15)12-6-5-11(16(18)19)7-10(12)2/h5-7H,4,8H2,1-3H3. The maximum Gasteiger partial charge on any atom is 0.307 e. The van der Waals surface area contributed by atoms with Crippen molar-refractivity contribution in [3.05, 3.63) is 39.4 Å². The van der Waals surface area contributed by atoms with Crippen LogP contribution < -0.4 is 0 Å². The lowest BCUT2D eigenvalue weighted by Gasteiger charge is -2.22. The Labute approximate surface area is 117 Å². The predicted molar refractivity (Wildman–Crippen MR) is 72.0 cm³/mol. The van der Waals surface area contributed by atoms with Gasteiger partial charge in [-0.15, -0.1) is 0 Å². The van der Waals surface area contributed by atoms with Crippen LogP contribution in [0.1, 0.15) is 31.4 Å². The molecule has 0 aromatic heterocycles. The minimum atomic E-state index is -1.06. The molecular formula is C14H16N2O4. The molecule has 6 heteroatoms. The summed E-state index contributed by atoms with van der Waals surface area (Å²) in [4.78, 5) is 21.8. The molecule has 1 atom stereocenters. The van der Waals surface area contributed by atoms with Crippen molar-refractivity contribution in [3.8, 4) is 6.07 Å². The van der Waals surface area contributed by atoms with Crippen LogP contribution in [0.2, 0.25) is 0 Å². The van der Waals surface area contributed by atoms with Crippen LogP contribution in [0.4, 0.5) is 5.69 Å². The molecule has 0 heterocycles. The quantitative estimate of drug-likeness (QED) is 0.468. The van der Waals surface area contributed by atoms with E-state index >= 15 is 0 Å². The zero-order chi connectivity index (χ0) is 15.3. The number of carbonyl (C=O) groups excluding carboxylic acids is 1. The van der Waals surface area contributed by atoms with Gasteiger partial charge < -0.3 is 4.74 Å². The predicted octanol–water partition coefficient (Wildman–Crippen LogP) is 2.64. The number of nitro groups is 1. The Kier molecular flexibility index (Phi) is 4.81. The highest BCUT2D eigenvalue weighted by Gasteiger charge is 2.32. The first kappa shape index (κ1) is 15.6. The Bertz CT molecular complexity index is 577. The summed E-state index contributed by atoms with van der Waals surface area (Å²) in [6.45, 7) is 5.25. The van der Waals surface area contributed by atoms with Crippen molar-refractivity contribution in [2.75, 3.05) is 6.61 Å². The molecule has 0 aliphatic rings. The van der Waals surface area contributed by atoms with Gasteiger partial charge >= 0.3 is 5.97 Å². The van der Waals surface area contributed by atoms with Crippen LogP contribution in [0.3, 0.4) is 0 Å². The summed E-state index contributed by atoms with van der Waals surface area (Å²) in [7, 11) is 0. The second-order valence-electron chi connectivity index (χ2n) is 4.68. The summed E-state index contributed by atoms with van der Waals surface area (Å²) in [6, 6.07) is 6.36. The number of non-ortho nitro benzene ring substituents is 1. The third-order valence-corrected chi connectivity index (χ3v) is 3.07. The molecule has 1 rings (SSSR count). The number of benzene rings is 1. The molecule has 20 heavy (non-hydrogen) atoms. The SMILES string of the molecule is CCOC(=O)CC(C)(C#N)c1ccc([N+](=O)[O-])cc1C. The summed E-state index contributed by atoms with van der Waals surface area (Å²) in [5, 5.41) is 20.1. The average molecular weight is 276 g/mol. The molecule has 1 aromatic rings. The zero-order valence-corrected chi connectivity index (χ0v) is 11.7. The average Bonchev–Trinajstić information content (AvgIpc) is 2.38. The summed E-state index contributed by atoms with van der Waals surface area (Å²) in [5.74, 6) is -0.464. The number of nitriles is 1. The maximum atomic E-state index is 11.6. The summed E-state index contributed by atoms with van der Waals surface area (Å²) >= 11 is 0. The van der Waals surface area contributed by atoms with Gasteiger partial charge in [0.15, 0.2) is 0 Å². The second kappa shape index (κ2) is 6.15. The molecule has 6 nitrogen and oxygen atoms in total. The highest BCUT2D eigenvalue weighted by atomic mass is 16.6. The molecule has 0 aliphatic heterocycles. The van der Waals surface area contributed by atoms with Crippen molar-refractivity contribution in [1.82, 2.24) is 0 Å². The Hall–Kier alpha value is -2.42. The Morgan fingerprint density at radius 3 is 2.65 bits per heavy atom. The fourth-order valence-corrected chi connectivity index (χ4v) is 2.08. The number of carbonyl (C=O) groups is 1. The van der Waals surface area contributed by atoms with Gasteiger partial charge in [-0.2, -0.15) is 5.26 Å².